The summed E-state index contributed by atoms with van der Waals surface area (Å²) in [6, 6.07) is -0.640. The third-order valence-electron chi connectivity index (χ3n) is 16.1. The second kappa shape index (κ2) is 65.9. The summed E-state index contributed by atoms with van der Waals surface area (Å²) in [6.07, 6.45) is 90.9. The quantitative estimate of drug-likeness (QED) is 0.0420. The summed E-state index contributed by atoms with van der Waals surface area (Å²) < 4.78 is 0. The van der Waals surface area contributed by atoms with E-state index in [0.29, 0.717) is 6.42 Å². The highest BCUT2D eigenvalue weighted by atomic mass is 16.3. The van der Waals surface area contributed by atoms with Crippen LogP contribution in [0.15, 0.2) is 36.5 Å². The lowest BCUT2D eigenvalue weighted by Gasteiger charge is -2.19. The predicted octanol–water partition coefficient (Wildman–Crippen LogP) is 23.2. The van der Waals surface area contributed by atoms with Crippen LogP contribution in [0.1, 0.15) is 386 Å². The van der Waals surface area contributed by atoms with Crippen LogP contribution >= 0.6 is 0 Å². The lowest BCUT2D eigenvalue weighted by atomic mass is 10.0. The molecule has 0 saturated carbocycles. The number of carbonyl (C=O) groups excluding carboxylic acids is 1. The van der Waals surface area contributed by atoms with E-state index < -0.39 is 12.1 Å². The van der Waals surface area contributed by atoms with Crippen LogP contribution < -0.4 is 5.32 Å². The van der Waals surface area contributed by atoms with Crippen molar-refractivity contribution >= 4 is 5.91 Å². The van der Waals surface area contributed by atoms with Crippen LogP contribution in [0, 0.1) is 0 Å². The molecule has 438 valence electrons. The minimum Gasteiger partial charge on any atom is -0.394 e. The zero-order chi connectivity index (χ0) is 53.4. The van der Waals surface area contributed by atoms with E-state index >= 15 is 0 Å². The van der Waals surface area contributed by atoms with Crippen molar-refractivity contribution in [3.05, 3.63) is 36.5 Å². The Balaban J connectivity index is 3.45. The predicted molar refractivity (Wildman–Crippen MR) is 332 cm³/mol. The maximum absolute atomic E-state index is 12.5. The second-order valence-electron chi connectivity index (χ2n) is 23.6. The van der Waals surface area contributed by atoms with E-state index in [4.69, 9.17) is 0 Å². The molecule has 0 rings (SSSR count). The summed E-state index contributed by atoms with van der Waals surface area (Å²) in [5.41, 5.74) is 0. The fourth-order valence-corrected chi connectivity index (χ4v) is 10.9. The Hall–Kier alpha value is -1.39. The van der Waals surface area contributed by atoms with E-state index in [1.807, 2.05) is 6.08 Å². The lowest BCUT2D eigenvalue weighted by molar-refractivity contribution is -0.123. The van der Waals surface area contributed by atoms with E-state index in [1.54, 1.807) is 6.08 Å². The molecule has 3 N–H and O–H groups in total. The first-order valence-corrected chi connectivity index (χ1v) is 34.2. The average Bonchev–Trinajstić information content (AvgIpc) is 3.40. The van der Waals surface area contributed by atoms with Crippen LogP contribution in [0.5, 0.6) is 0 Å². The fraction of sp³-hybridized carbons (Fsp3) is 0.900. The molecular weight excluding hydrogens is 903 g/mol. The van der Waals surface area contributed by atoms with Gasteiger partial charge in [0.15, 0.2) is 0 Å². The number of amides is 1. The highest BCUT2D eigenvalue weighted by molar-refractivity contribution is 5.76. The van der Waals surface area contributed by atoms with Gasteiger partial charge in [0.05, 0.1) is 18.8 Å². The van der Waals surface area contributed by atoms with Crippen molar-refractivity contribution in [1.82, 2.24) is 5.32 Å². The topological polar surface area (TPSA) is 69.6 Å². The van der Waals surface area contributed by atoms with Crippen LogP contribution in [0.2, 0.25) is 0 Å². The lowest BCUT2D eigenvalue weighted by Crippen LogP contribution is -2.45. The maximum atomic E-state index is 12.5. The van der Waals surface area contributed by atoms with Crippen LogP contribution in [-0.4, -0.2) is 34.9 Å². The van der Waals surface area contributed by atoms with Gasteiger partial charge in [0.1, 0.15) is 0 Å². The number of allylic oxidation sites excluding steroid dienone is 5. The summed E-state index contributed by atoms with van der Waals surface area (Å²) in [6.45, 7) is 4.34. The molecule has 0 aromatic heterocycles. The highest BCUT2D eigenvalue weighted by Crippen LogP contribution is 2.19. The van der Waals surface area contributed by atoms with Crippen molar-refractivity contribution in [2.45, 2.75) is 398 Å². The van der Waals surface area contributed by atoms with Gasteiger partial charge in [0.2, 0.25) is 5.91 Å². The summed E-state index contributed by atoms with van der Waals surface area (Å²) in [4.78, 5) is 12.5. The van der Waals surface area contributed by atoms with Gasteiger partial charge in [-0.05, 0) is 57.8 Å². The molecular formula is C70H135NO3. The molecule has 0 spiro atoms. The molecule has 0 bridgehead atoms. The minimum absolute atomic E-state index is 0.0664. The maximum Gasteiger partial charge on any atom is 0.220 e. The number of carbonyl (C=O) groups is 1. The van der Waals surface area contributed by atoms with E-state index in [1.165, 1.54) is 334 Å². The summed E-state index contributed by atoms with van der Waals surface area (Å²) in [5, 5.41) is 23.3. The van der Waals surface area contributed by atoms with E-state index in [9.17, 15) is 15.0 Å². The molecule has 4 heteroatoms. The largest absolute Gasteiger partial charge is 0.394 e. The smallest absolute Gasteiger partial charge is 0.220 e. The SMILES string of the molecule is CCCCCCCCCC/C=C\CCCCCCCCCCCCCCCCCCCC(=O)NC(CO)C(O)/C=C/CC/C=C/CCCCCCCCCCCCCCCCCCCCCCCCCCCCC. The van der Waals surface area contributed by atoms with Crippen LogP contribution in [-0.2, 0) is 4.79 Å². The molecule has 0 fully saturated rings. The van der Waals surface area contributed by atoms with Gasteiger partial charge in [-0.3, -0.25) is 4.79 Å². The zero-order valence-electron chi connectivity index (χ0n) is 50.6. The highest BCUT2D eigenvalue weighted by Gasteiger charge is 2.18. The van der Waals surface area contributed by atoms with Gasteiger partial charge >= 0.3 is 0 Å². The molecule has 0 radical (unpaired) electrons. The Kier molecular flexibility index (Phi) is 64.7. The van der Waals surface area contributed by atoms with Gasteiger partial charge < -0.3 is 15.5 Å². The number of hydrogen-bond acceptors (Lipinski definition) is 3. The molecule has 0 heterocycles. The molecule has 0 saturated heterocycles. The van der Waals surface area contributed by atoms with E-state index in [2.05, 4.69) is 43.5 Å². The molecule has 0 aliphatic rings. The van der Waals surface area contributed by atoms with Gasteiger partial charge in [0.25, 0.3) is 0 Å². The Labute approximate surface area is 465 Å². The van der Waals surface area contributed by atoms with Gasteiger partial charge in [-0.2, -0.15) is 0 Å². The van der Waals surface area contributed by atoms with Crippen molar-refractivity contribution in [3.8, 4) is 0 Å². The van der Waals surface area contributed by atoms with Crippen LogP contribution in [0.25, 0.3) is 0 Å². The Morgan fingerprint density at radius 1 is 0.311 bits per heavy atom. The molecule has 74 heavy (non-hydrogen) atoms. The molecule has 2 unspecified atom stereocenters. The van der Waals surface area contributed by atoms with Crippen LogP contribution in [0.4, 0.5) is 0 Å². The van der Waals surface area contributed by atoms with Gasteiger partial charge in [-0.15, -0.1) is 0 Å². The molecule has 0 aromatic rings. The minimum atomic E-state index is -0.863. The Morgan fingerprint density at radius 3 is 0.784 bits per heavy atom. The number of rotatable bonds is 64. The van der Waals surface area contributed by atoms with Crippen molar-refractivity contribution in [2.24, 2.45) is 0 Å². The van der Waals surface area contributed by atoms with Crippen molar-refractivity contribution < 1.29 is 15.0 Å². The molecule has 2 atom stereocenters. The Bertz CT molecular complexity index is 1130. The summed E-state index contributed by atoms with van der Waals surface area (Å²) in [5.74, 6) is -0.0664. The normalized spacial score (nSPS) is 12.9. The Morgan fingerprint density at radius 2 is 0.527 bits per heavy atom. The molecule has 0 aliphatic carbocycles. The van der Waals surface area contributed by atoms with E-state index in [-0.39, 0.29) is 12.5 Å². The van der Waals surface area contributed by atoms with Crippen molar-refractivity contribution in [3.63, 3.8) is 0 Å². The number of aliphatic hydroxyl groups excluding tert-OH is 2. The monoisotopic (exact) mass is 1040 g/mol. The van der Waals surface area contributed by atoms with E-state index in [0.717, 1.165) is 32.1 Å². The third-order valence-corrected chi connectivity index (χ3v) is 16.1. The second-order valence-corrected chi connectivity index (χ2v) is 23.6. The van der Waals surface area contributed by atoms with Crippen molar-refractivity contribution in [1.29, 1.82) is 0 Å². The fourth-order valence-electron chi connectivity index (χ4n) is 10.9. The van der Waals surface area contributed by atoms with Crippen LogP contribution in [0.3, 0.4) is 0 Å². The number of hydrogen-bond donors (Lipinski definition) is 3. The molecule has 1 amide bonds. The first-order valence-electron chi connectivity index (χ1n) is 34.2. The third kappa shape index (κ3) is 61.5. The van der Waals surface area contributed by atoms with Gasteiger partial charge in [0, 0.05) is 6.42 Å². The van der Waals surface area contributed by atoms with Gasteiger partial charge in [-0.25, -0.2) is 0 Å². The number of unbranched alkanes of at least 4 members (excludes halogenated alkanes) is 53. The molecule has 4 nitrogen and oxygen atoms in total. The van der Waals surface area contributed by atoms with Crippen molar-refractivity contribution in [2.75, 3.05) is 6.61 Å². The zero-order valence-corrected chi connectivity index (χ0v) is 50.6. The first-order chi connectivity index (χ1) is 36.7. The number of nitrogens with one attached hydrogen (secondary N) is 1. The molecule has 0 aromatic carbocycles. The van der Waals surface area contributed by atoms with Gasteiger partial charge in [-0.1, -0.05) is 359 Å². The standard InChI is InChI=1S/C70H135NO3/c1-3-5-7-9-11-13-15-17-19-21-23-25-27-29-31-33-34-35-36-38-39-41-43-45-47-49-51-53-55-57-59-61-63-65-69(73)68(67-72)71-70(74)66-64-62-60-58-56-54-52-50-48-46-44-42-40-37-32-30-28-26-24-22-20-18-16-14-12-10-8-6-4-2/h22,24,55,57,63,65,68-69,72-73H,3-21,23,25-54,56,58-62,64,66-67H2,1-2H3,(H,71,74)/b24-22-,57-55+,65-63+. The first kappa shape index (κ1) is 72.6. The average molecular weight is 1040 g/mol. The molecule has 0 aliphatic heterocycles. The summed E-state index contributed by atoms with van der Waals surface area (Å²) in [7, 11) is 0. The summed E-state index contributed by atoms with van der Waals surface area (Å²) >= 11 is 0. The number of aliphatic hydroxyl groups is 2.